The second-order valence-corrected chi connectivity index (χ2v) is 11.9. The van der Waals surface area contributed by atoms with Crippen LogP contribution < -0.4 is 11.1 Å². The fourth-order valence-electron chi connectivity index (χ4n) is 4.99. The first-order valence-electron chi connectivity index (χ1n) is 17.7. The molecule has 250 valence electrons. The molecule has 0 rings (SSSR count). The van der Waals surface area contributed by atoms with Crippen molar-refractivity contribution in [2.75, 3.05) is 6.54 Å². The van der Waals surface area contributed by atoms with Crippen LogP contribution in [-0.4, -0.2) is 41.6 Å². The number of nitrogens with two attached hydrogens (primary N) is 1. The fourth-order valence-corrected chi connectivity index (χ4v) is 4.99. The van der Waals surface area contributed by atoms with Gasteiger partial charge in [-0.05, 0) is 83.2 Å². The highest BCUT2D eigenvalue weighted by Gasteiger charge is 2.18. The Morgan fingerprint density at radius 3 is 1.86 bits per heavy atom. The van der Waals surface area contributed by atoms with E-state index in [2.05, 4.69) is 37.4 Å². The molecule has 0 spiro atoms. The molecular weight excluding hydrogens is 540 g/mol. The minimum absolute atomic E-state index is 0.105. The molecule has 2 atom stereocenters. The summed E-state index contributed by atoms with van der Waals surface area (Å²) in [5.74, 6) is -1.35. The number of esters is 1. The molecule has 0 aromatic heterocycles. The highest BCUT2D eigenvalue weighted by molar-refractivity contribution is 5.83. The van der Waals surface area contributed by atoms with E-state index in [9.17, 15) is 19.5 Å². The van der Waals surface area contributed by atoms with Crippen molar-refractivity contribution in [1.82, 2.24) is 5.32 Å². The van der Waals surface area contributed by atoms with E-state index < -0.39 is 12.0 Å². The predicted molar refractivity (Wildman–Crippen MR) is 179 cm³/mol. The molecule has 43 heavy (non-hydrogen) atoms. The number of hydrogen-bond acceptors (Lipinski definition) is 5. The van der Waals surface area contributed by atoms with E-state index in [-0.39, 0.29) is 18.0 Å². The van der Waals surface area contributed by atoms with Crippen LogP contribution in [0.2, 0.25) is 0 Å². The molecule has 0 aliphatic rings. The second kappa shape index (κ2) is 31.3. The van der Waals surface area contributed by atoms with Gasteiger partial charge in [0.2, 0.25) is 5.91 Å². The van der Waals surface area contributed by atoms with E-state index in [1.807, 2.05) is 6.08 Å². The maximum Gasteiger partial charge on any atom is 0.326 e. The zero-order chi connectivity index (χ0) is 31.8. The third-order valence-electron chi connectivity index (χ3n) is 7.72. The Labute approximate surface area is 263 Å². The molecular formula is C36H66N2O5. The summed E-state index contributed by atoms with van der Waals surface area (Å²) in [5.41, 5.74) is 5.45. The van der Waals surface area contributed by atoms with Crippen molar-refractivity contribution in [2.45, 2.75) is 180 Å². The molecule has 2 unspecified atom stereocenters. The van der Waals surface area contributed by atoms with Crippen molar-refractivity contribution in [3.05, 3.63) is 24.3 Å². The molecule has 1 amide bonds. The molecule has 0 bridgehead atoms. The minimum Gasteiger partial charge on any atom is -0.480 e. The predicted octanol–water partition coefficient (Wildman–Crippen LogP) is 8.94. The second-order valence-electron chi connectivity index (χ2n) is 11.9. The molecule has 0 saturated carbocycles. The van der Waals surface area contributed by atoms with Gasteiger partial charge in [-0.25, -0.2) is 4.79 Å². The Kier molecular flexibility index (Phi) is 29.7. The molecule has 7 heteroatoms. The summed E-state index contributed by atoms with van der Waals surface area (Å²) in [5, 5.41) is 11.8. The molecule has 0 fully saturated rings. The number of carboxylic acids is 1. The Balaban J connectivity index is 4.12. The number of aliphatic carboxylic acids is 1. The molecule has 0 heterocycles. The van der Waals surface area contributed by atoms with Gasteiger partial charge in [0, 0.05) is 12.8 Å². The van der Waals surface area contributed by atoms with Crippen LogP contribution >= 0.6 is 0 Å². The molecule has 7 nitrogen and oxygen atoms in total. The average molecular weight is 607 g/mol. The summed E-state index contributed by atoms with van der Waals surface area (Å²) in [7, 11) is 0. The summed E-state index contributed by atoms with van der Waals surface area (Å²) in [4.78, 5) is 35.9. The normalized spacial score (nSPS) is 13.0. The van der Waals surface area contributed by atoms with Gasteiger partial charge in [0.05, 0.1) is 0 Å². The van der Waals surface area contributed by atoms with Crippen LogP contribution in [0.3, 0.4) is 0 Å². The van der Waals surface area contributed by atoms with E-state index in [4.69, 9.17) is 10.5 Å². The first-order chi connectivity index (χ1) is 20.9. The summed E-state index contributed by atoms with van der Waals surface area (Å²) in [6.45, 7) is 4.83. The number of amides is 1. The molecule has 0 aliphatic heterocycles. The fraction of sp³-hybridized carbons (Fsp3) is 0.806. The monoisotopic (exact) mass is 606 g/mol. The largest absolute Gasteiger partial charge is 0.480 e. The first kappa shape index (κ1) is 40.9. The Morgan fingerprint density at radius 1 is 0.674 bits per heavy atom. The molecule has 0 saturated heterocycles. The zero-order valence-corrected chi connectivity index (χ0v) is 27.8. The van der Waals surface area contributed by atoms with Crippen LogP contribution in [0.4, 0.5) is 0 Å². The Morgan fingerprint density at radius 2 is 1.23 bits per heavy atom. The van der Waals surface area contributed by atoms with Gasteiger partial charge in [0.1, 0.15) is 12.1 Å². The third-order valence-corrected chi connectivity index (χ3v) is 7.72. The van der Waals surface area contributed by atoms with E-state index >= 15 is 0 Å². The van der Waals surface area contributed by atoms with E-state index in [1.54, 1.807) is 0 Å². The smallest absolute Gasteiger partial charge is 0.326 e. The van der Waals surface area contributed by atoms with Crippen LogP contribution in [0.15, 0.2) is 24.3 Å². The number of hydrogen-bond donors (Lipinski definition) is 3. The van der Waals surface area contributed by atoms with Crippen molar-refractivity contribution in [1.29, 1.82) is 0 Å². The van der Waals surface area contributed by atoms with Crippen LogP contribution in [0, 0.1) is 0 Å². The highest BCUT2D eigenvalue weighted by atomic mass is 16.5. The van der Waals surface area contributed by atoms with Crippen LogP contribution in [0.5, 0.6) is 0 Å². The number of carbonyl (C=O) groups is 3. The van der Waals surface area contributed by atoms with Gasteiger partial charge in [-0.2, -0.15) is 0 Å². The first-order valence-corrected chi connectivity index (χ1v) is 17.7. The maximum atomic E-state index is 12.5. The quantitative estimate of drug-likeness (QED) is 0.0412. The van der Waals surface area contributed by atoms with Gasteiger partial charge in [0.25, 0.3) is 0 Å². The molecule has 0 radical (unpaired) electrons. The van der Waals surface area contributed by atoms with Crippen LogP contribution in [-0.2, 0) is 19.1 Å². The summed E-state index contributed by atoms with van der Waals surface area (Å²) in [6, 6.07) is -0.868. The standard InChI is InChI=1S/C36H66N2O5/c1-3-5-7-9-10-11-12-13-14-15-16-17-18-24-30-35(40)43-32(26-21-8-6-4-2)27-22-19-20-23-29-34(39)38-33(36(41)42)28-25-31-37/h12-13,21,26,32-33H,3-11,14-20,22-25,27-31,37H2,1-2H3,(H,38,39)(H,41,42)/b13-12-,26-21-. The van der Waals surface area contributed by atoms with E-state index in [0.29, 0.717) is 38.6 Å². The zero-order valence-electron chi connectivity index (χ0n) is 27.8. The molecule has 4 N–H and O–H groups in total. The lowest BCUT2D eigenvalue weighted by atomic mass is 10.1. The van der Waals surface area contributed by atoms with Crippen LogP contribution in [0.25, 0.3) is 0 Å². The van der Waals surface area contributed by atoms with E-state index in [1.165, 1.54) is 57.8 Å². The van der Waals surface area contributed by atoms with Gasteiger partial charge >= 0.3 is 11.9 Å². The average Bonchev–Trinajstić information content (AvgIpc) is 2.98. The number of ether oxygens (including phenoxy) is 1. The van der Waals surface area contributed by atoms with E-state index in [0.717, 1.165) is 64.2 Å². The van der Waals surface area contributed by atoms with Gasteiger partial charge in [-0.1, -0.05) is 103 Å². The highest BCUT2D eigenvalue weighted by Crippen LogP contribution is 2.15. The molecule has 0 aromatic rings. The number of rotatable bonds is 31. The van der Waals surface area contributed by atoms with Crippen molar-refractivity contribution < 1.29 is 24.2 Å². The molecule has 0 aromatic carbocycles. The number of carboxylic acid groups (broad SMARTS) is 1. The Hall–Kier alpha value is -2.15. The lowest BCUT2D eigenvalue weighted by Gasteiger charge is -2.15. The number of carbonyl (C=O) groups excluding carboxylic acids is 2. The van der Waals surface area contributed by atoms with Gasteiger partial charge < -0.3 is 20.9 Å². The number of nitrogens with one attached hydrogen (secondary N) is 1. The number of allylic oxidation sites excluding steroid dienone is 3. The van der Waals surface area contributed by atoms with Gasteiger partial charge in [0.15, 0.2) is 0 Å². The minimum atomic E-state index is -1.02. The van der Waals surface area contributed by atoms with Crippen molar-refractivity contribution in [3.63, 3.8) is 0 Å². The van der Waals surface area contributed by atoms with Crippen LogP contribution in [0.1, 0.15) is 168 Å². The van der Waals surface area contributed by atoms with Gasteiger partial charge in [-0.3, -0.25) is 9.59 Å². The van der Waals surface area contributed by atoms with Crippen molar-refractivity contribution in [2.24, 2.45) is 5.73 Å². The SMILES string of the molecule is CCCC/C=C\C(CCCCCCC(=O)NC(CCCN)C(=O)O)OC(=O)CCCCCCC/C=C\CCCCCCC. The number of unbranched alkanes of at least 4 members (excludes halogenated alkanes) is 15. The van der Waals surface area contributed by atoms with Crippen molar-refractivity contribution >= 4 is 17.8 Å². The van der Waals surface area contributed by atoms with Gasteiger partial charge in [-0.15, -0.1) is 0 Å². The summed E-state index contributed by atoms with van der Waals surface area (Å²) >= 11 is 0. The lowest BCUT2D eigenvalue weighted by Crippen LogP contribution is -2.40. The summed E-state index contributed by atoms with van der Waals surface area (Å²) < 4.78 is 5.82. The molecule has 0 aliphatic carbocycles. The Bertz CT molecular complexity index is 737. The maximum absolute atomic E-state index is 12.5. The topological polar surface area (TPSA) is 119 Å². The summed E-state index contributed by atoms with van der Waals surface area (Å²) in [6.07, 6.45) is 32.5. The third kappa shape index (κ3) is 28.4. The van der Waals surface area contributed by atoms with Crippen molar-refractivity contribution in [3.8, 4) is 0 Å². The lowest BCUT2D eigenvalue weighted by molar-refractivity contribution is -0.147.